The lowest BCUT2D eigenvalue weighted by molar-refractivity contribution is -0.123. The fourth-order valence-corrected chi connectivity index (χ4v) is 3.94. The fraction of sp³-hybridized carbons (Fsp3) is 0.440. The van der Waals surface area contributed by atoms with Gasteiger partial charge in [-0.2, -0.15) is 0 Å². The van der Waals surface area contributed by atoms with Gasteiger partial charge in [0.05, 0.1) is 6.61 Å². The number of fused-ring (bicyclic) bond motifs is 1. The van der Waals surface area contributed by atoms with Gasteiger partial charge in [-0.05, 0) is 35.4 Å². The molecule has 4 rings (SSSR count). The Kier molecular flexibility index (Phi) is 6.01. The second-order valence-electron chi connectivity index (χ2n) is 9.39. The normalized spacial score (nSPS) is 16.5. The molecule has 2 aromatic carbocycles. The Hall–Kier alpha value is -2.86. The van der Waals surface area contributed by atoms with E-state index in [1.807, 2.05) is 43.9 Å². The second kappa shape index (κ2) is 8.71. The molecule has 6 nitrogen and oxygen atoms in total. The van der Waals surface area contributed by atoms with Gasteiger partial charge in [0.1, 0.15) is 5.75 Å². The number of hydrogen-bond acceptors (Lipinski definition) is 4. The van der Waals surface area contributed by atoms with Crippen LogP contribution in [0.2, 0.25) is 0 Å². The minimum absolute atomic E-state index is 0.0150. The molecule has 0 atom stereocenters. The lowest BCUT2D eigenvalue weighted by atomic mass is 9.95. The van der Waals surface area contributed by atoms with Crippen LogP contribution < -0.4 is 10.1 Å². The predicted molar refractivity (Wildman–Crippen MR) is 121 cm³/mol. The van der Waals surface area contributed by atoms with E-state index in [1.165, 1.54) is 11.1 Å². The average molecular weight is 422 g/mol. The molecule has 1 saturated heterocycles. The maximum atomic E-state index is 13.0. The van der Waals surface area contributed by atoms with E-state index in [4.69, 9.17) is 4.74 Å². The third kappa shape index (κ3) is 5.07. The lowest BCUT2D eigenvalue weighted by Crippen LogP contribution is -2.48. The van der Waals surface area contributed by atoms with Crippen molar-refractivity contribution in [2.75, 3.05) is 38.1 Å². The Morgan fingerprint density at radius 3 is 2.55 bits per heavy atom. The SMILES string of the molecule is CC(C)(C)C(=O)Nc1cccc(C(=O)N2CCN(Cc3ccc4c(c3)CCO4)CC2)c1. The molecule has 2 aliphatic rings. The number of nitrogens with one attached hydrogen (secondary N) is 1. The zero-order valence-electron chi connectivity index (χ0n) is 18.6. The van der Waals surface area contributed by atoms with Crippen LogP contribution in [-0.4, -0.2) is 54.4 Å². The number of anilines is 1. The second-order valence-corrected chi connectivity index (χ2v) is 9.39. The van der Waals surface area contributed by atoms with Crippen LogP contribution in [0.25, 0.3) is 0 Å². The molecule has 1 fully saturated rings. The van der Waals surface area contributed by atoms with Gasteiger partial charge in [-0.25, -0.2) is 0 Å². The number of amides is 2. The first-order valence-corrected chi connectivity index (χ1v) is 11.0. The smallest absolute Gasteiger partial charge is 0.254 e. The number of hydrogen-bond donors (Lipinski definition) is 1. The number of carbonyl (C=O) groups is 2. The van der Waals surface area contributed by atoms with E-state index in [0.717, 1.165) is 38.4 Å². The minimum atomic E-state index is -0.484. The highest BCUT2D eigenvalue weighted by Crippen LogP contribution is 2.26. The molecule has 2 aliphatic heterocycles. The summed E-state index contributed by atoms with van der Waals surface area (Å²) >= 11 is 0. The summed E-state index contributed by atoms with van der Waals surface area (Å²) in [4.78, 5) is 29.5. The van der Waals surface area contributed by atoms with E-state index in [-0.39, 0.29) is 11.8 Å². The molecule has 164 valence electrons. The maximum Gasteiger partial charge on any atom is 0.254 e. The van der Waals surface area contributed by atoms with Crippen LogP contribution in [-0.2, 0) is 17.8 Å². The molecule has 0 unspecified atom stereocenters. The van der Waals surface area contributed by atoms with E-state index in [1.54, 1.807) is 6.07 Å². The molecule has 2 amide bonds. The highest BCUT2D eigenvalue weighted by atomic mass is 16.5. The van der Waals surface area contributed by atoms with Crippen molar-refractivity contribution in [2.45, 2.75) is 33.7 Å². The topological polar surface area (TPSA) is 61.9 Å². The van der Waals surface area contributed by atoms with Crippen molar-refractivity contribution in [3.05, 3.63) is 59.2 Å². The molecule has 0 spiro atoms. The van der Waals surface area contributed by atoms with Crippen LogP contribution in [0, 0.1) is 5.41 Å². The van der Waals surface area contributed by atoms with Gasteiger partial charge in [-0.1, -0.05) is 39.0 Å². The fourth-order valence-electron chi connectivity index (χ4n) is 3.94. The number of rotatable bonds is 4. The van der Waals surface area contributed by atoms with Crippen molar-refractivity contribution in [2.24, 2.45) is 5.41 Å². The van der Waals surface area contributed by atoms with Gasteiger partial charge in [-0.3, -0.25) is 14.5 Å². The van der Waals surface area contributed by atoms with E-state index in [9.17, 15) is 9.59 Å². The van der Waals surface area contributed by atoms with Crippen molar-refractivity contribution in [1.82, 2.24) is 9.80 Å². The highest BCUT2D eigenvalue weighted by Gasteiger charge is 2.24. The van der Waals surface area contributed by atoms with E-state index < -0.39 is 5.41 Å². The van der Waals surface area contributed by atoms with Gasteiger partial charge in [0.15, 0.2) is 0 Å². The summed E-state index contributed by atoms with van der Waals surface area (Å²) < 4.78 is 5.59. The Bertz CT molecular complexity index is 972. The molecular formula is C25H31N3O3. The Labute approximate surface area is 184 Å². The van der Waals surface area contributed by atoms with Gasteiger partial charge >= 0.3 is 0 Å². The molecule has 2 heterocycles. The molecule has 1 N–H and O–H groups in total. The molecular weight excluding hydrogens is 390 g/mol. The molecule has 6 heteroatoms. The van der Waals surface area contributed by atoms with E-state index in [0.29, 0.717) is 24.3 Å². The summed E-state index contributed by atoms with van der Waals surface area (Å²) in [5, 5.41) is 2.91. The number of benzene rings is 2. The summed E-state index contributed by atoms with van der Waals surface area (Å²) in [7, 11) is 0. The van der Waals surface area contributed by atoms with Crippen LogP contribution in [0.4, 0.5) is 5.69 Å². The first-order chi connectivity index (χ1) is 14.8. The average Bonchev–Trinajstić information content (AvgIpc) is 3.21. The summed E-state index contributed by atoms with van der Waals surface area (Å²) in [5.74, 6) is 0.963. The van der Waals surface area contributed by atoms with Crippen LogP contribution >= 0.6 is 0 Å². The highest BCUT2D eigenvalue weighted by molar-refractivity contribution is 5.98. The summed E-state index contributed by atoms with van der Waals surface area (Å²) in [5.41, 5.74) is 3.38. The third-order valence-electron chi connectivity index (χ3n) is 5.87. The molecule has 0 aliphatic carbocycles. The Morgan fingerprint density at radius 1 is 1.03 bits per heavy atom. The van der Waals surface area contributed by atoms with Crippen molar-refractivity contribution in [3.63, 3.8) is 0 Å². The first-order valence-electron chi connectivity index (χ1n) is 11.0. The van der Waals surface area contributed by atoms with Gasteiger partial charge in [-0.15, -0.1) is 0 Å². The van der Waals surface area contributed by atoms with Crippen molar-refractivity contribution in [3.8, 4) is 5.75 Å². The van der Waals surface area contributed by atoms with Crippen molar-refractivity contribution >= 4 is 17.5 Å². The zero-order valence-corrected chi connectivity index (χ0v) is 18.6. The summed E-state index contributed by atoms with van der Waals surface area (Å²) in [6.45, 7) is 10.4. The Balaban J connectivity index is 1.33. The minimum Gasteiger partial charge on any atom is -0.493 e. The third-order valence-corrected chi connectivity index (χ3v) is 5.87. The number of carbonyl (C=O) groups excluding carboxylic acids is 2. The van der Waals surface area contributed by atoms with Gasteiger partial charge in [0, 0.05) is 55.8 Å². The van der Waals surface area contributed by atoms with Gasteiger partial charge in [0.2, 0.25) is 5.91 Å². The molecule has 0 saturated carbocycles. The van der Waals surface area contributed by atoms with Crippen LogP contribution in [0.1, 0.15) is 42.3 Å². The van der Waals surface area contributed by atoms with Gasteiger partial charge < -0.3 is 15.0 Å². The van der Waals surface area contributed by atoms with Crippen LogP contribution in [0.3, 0.4) is 0 Å². The van der Waals surface area contributed by atoms with Crippen molar-refractivity contribution < 1.29 is 14.3 Å². The van der Waals surface area contributed by atoms with E-state index in [2.05, 4.69) is 28.4 Å². The number of piperazine rings is 1. The van der Waals surface area contributed by atoms with E-state index >= 15 is 0 Å². The maximum absolute atomic E-state index is 13.0. The molecule has 0 bridgehead atoms. The first kappa shape index (κ1) is 21.4. The number of nitrogens with zero attached hydrogens (tertiary/aromatic N) is 2. The molecule has 0 aromatic heterocycles. The molecule has 2 aromatic rings. The lowest BCUT2D eigenvalue weighted by Gasteiger charge is -2.35. The quantitative estimate of drug-likeness (QED) is 0.820. The monoisotopic (exact) mass is 421 g/mol. The predicted octanol–water partition coefficient (Wildman–Crippen LogP) is 3.56. The molecule has 0 radical (unpaired) electrons. The van der Waals surface area contributed by atoms with Gasteiger partial charge in [0.25, 0.3) is 5.91 Å². The largest absolute Gasteiger partial charge is 0.493 e. The standard InChI is InChI=1S/C25H31N3O3/c1-25(2,3)24(30)26-21-6-4-5-20(16-21)23(29)28-12-10-27(11-13-28)17-18-7-8-22-19(15-18)9-14-31-22/h4-8,15-16H,9-14,17H2,1-3H3,(H,26,30). The number of ether oxygens (including phenoxy) is 1. The Morgan fingerprint density at radius 2 is 1.81 bits per heavy atom. The van der Waals surface area contributed by atoms with Crippen molar-refractivity contribution in [1.29, 1.82) is 0 Å². The summed E-state index contributed by atoms with van der Waals surface area (Å²) in [6.07, 6.45) is 0.987. The van der Waals surface area contributed by atoms with Crippen LogP contribution in [0.5, 0.6) is 5.75 Å². The zero-order chi connectivity index (χ0) is 22.0. The molecule has 31 heavy (non-hydrogen) atoms. The van der Waals surface area contributed by atoms with Crippen LogP contribution in [0.15, 0.2) is 42.5 Å². The summed E-state index contributed by atoms with van der Waals surface area (Å²) in [6, 6.07) is 13.7.